The Hall–Kier alpha value is -9.92. The van der Waals surface area contributed by atoms with Crippen LogP contribution in [0.3, 0.4) is 0 Å². The van der Waals surface area contributed by atoms with Crippen LogP contribution in [0.5, 0.6) is 5.75 Å². The van der Waals surface area contributed by atoms with Gasteiger partial charge in [0, 0.05) is 71.0 Å². The molecule has 0 atom stereocenters. The summed E-state index contributed by atoms with van der Waals surface area (Å²) >= 11 is 4.76. The number of benzene rings is 1. The third kappa shape index (κ3) is 16.2. The van der Waals surface area contributed by atoms with Crippen LogP contribution in [0.4, 0.5) is 0 Å². The molecule has 0 fully saturated rings. The number of hydrogen-bond acceptors (Lipinski definition) is 12. The first-order valence-corrected chi connectivity index (χ1v) is 19.5. The topological polar surface area (TPSA) is 214 Å². The molecular weight excluding hydrogens is 877 g/mol. The molecule has 0 aliphatic carbocycles. The van der Waals surface area contributed by atoms with E-state index in [0.717, 1.165) is 53.3 Å². The number of fused-ring (bicyclic) bond motifs is 5. The van der Waals surface area contributed by atoms with E-state index in [1.165, 1.54) is 21.3 Å². The summed E-state index contributed by atoms with van der Waals surface area (Å²) < 4.78 is 12.2. The van der Waals surface area contributed by atoms with Gasteiger partial charge in [-0.2, -0.15) is 9.61 Å². The molecule has 2 N–H and O–H groups in total. The Kier molecular flexibility index (Phi) is 21.1. The normalized spacial score (nSPS) is 10.4. The van der Waals surface area contributed by atoms with Gasteiger partial charge in [-0.15, -0.1) is 17.8 Å². The van der Waals surface area contributed by atoms with Crippen molar-refractivity contribution in [3.05, 3.63) is 86.6 Å². The zero-order valence-electron chi connectivity index (χ0n) is 34.6. The van der Waals surface area contributed by atoms with Crippen molar-refractivity contribution in [3.63, 3.8) is 0 Å². The van der Waals surface area contributed by atoms with Gasteiger partial charge in [0.25, 0.3) is 0 Å². The van der Waals surface area contributed by atoms with E-state index in [2.05, 4.69) is 198 Å². The van der Waals surface area contributed by atoms with Crippen LogP contribution in [0, 0.1) is 136 Å². The molecule has 1 aliphatic rings. The van der Waals surface area contributed by atoms with E-state index in [1.807, 2.05) is 34.9 Å². The minimum atomic E-state index is -0.293. The molecular formula is C46H44N14O4S2. The first-order chi connectivity index (χ1) is 32.4. The summed E-state index contributed by atoms with van der Waals surface area (Å²) in [6, 6.07) is 9.75. The quantitative estimate of drug-likeness (QED) is 0.0499. The van der Waals surface area contributed by atoms with Crippen molar-refractivity contribution >= 4 is 40.1 Å². The lowest BCUT2D eigenvalue weighted by molar-refractivity contribution is -0.744. The third-order valence-corrected chi connectivity index (χ3v) is 9.09. The third-order valence-electron chi connectivity index (χ3n) is 7.71. The van der Waals surface area contributed by atoms with Crippen molar-refractivity contribution in [1.82, 2.24) is 34.0 Å². The second kappa shape index (κ2) is 28.6. The van der Waals surface area contributed by atoms with E-state index >= 15 is 0 Å². The highest BCUT2D eigenvalue weighted by Gasteiger charge is 2.26. The Morgan fingerprint density at radius 3 is 2.03 bits per heavy atom. The monoisotopic (exact) mass is 920 g/mol. The zero-order valence-corrected chi connectivity index (χ0v) is 36.3. The summed E-state index contributed by atoms with van der Waals surface area (Å²) in [7, 11) is 1.64. The molecule has 0 saturated heterocycles. The molecule has 5 heterocycles. The van der Waals surface area contributed by atoms with E-state index in [1.54, 1.807) is 37.9 Å². The van der Waals surface area contributed by atoms with Gasteiger partial charge in [0.15, 0.2) is 5.65 Å². The molecule has 334 valence electrons. The second-order valence-electron chi connectivity index (χ2n) is 11.6. The van der Waals surface area contributed by atoms with Crippen LogP contribution in [-0.2, 0) is 30.3 Å². The molecule has 66 heavy (non-hydrogen) atoms. The van der Waals surface area contributed by atoms with Gasteiger partial charge in [0.05, 0.1) is 29.8 Å². The number of thiophene rings is 1. The van der Waals surface area contributed by atoms with E-state index in [9.17, 15) is 10.0 Å². The minimum Gasteiger partial charge on any atom is -0.497 e. The smallest absolute Gasteiger partial charge is 0.352 e. The van der Waals surface area contributed by atoms with Crippen LogP contribution in [-0.4, -0.2) is 52.7 Å². The first-order valence-electron chi connectivity index (χ1n) is 18.3. The van der Waals surface area contributed by atoms with Crippen LogP contribution in [0.1, 0.15) is 40.0 Å². The van der Waals surface area contributed by atoms with Crippen molar-refractivity contribution in [2.75, 3.05) is 13.7 Å². The predicted octanol–water partition coefficient (Wildman–Crippen LogP) is 5.49. The van der Waals surface area contributed by atoms with Crippen LogP contribution in [0.15, 0.2) is 80.1 Å². The fourth-order valence-corrected chi connectivity index (χ4v) is 6.59. The largest absolute Gasteiger partial charge is 0.497 e. The lowest BCUT2D eigenvalue weighted by atomic mass is 10.0. The van der Waals surface area contributed by atoms with Gasteiger partial charge in [-0.05, 0) is 137 Å². The van der Waals surface area contributed by atoms with Crippen LogP contribution >= 0.6 is 24.2 Å². The summed E-state index contributed by atoms with van der Waals surface area (Å²) in [5.41, 5.74) is 3.77. The summed E-state index contributed by atoms with van der Waals surface area (Å²) in [6.45, 7) is 4.66. The molecule has 1 aliphatic heterocycles. The number of terminal acetylenes is 1. The number of methoxy groups -OCH3 is 1. The van der Waals surface area contributed by atoms with Crippen LogP contribution in [0.2, 0.25) is 0 Å². The maximum Gasteiger partial charge on any atom is 0.352 e. The molecule has 6 rings (SSSR count). The second-order valence-corrected chi connectivity index (χ2v) is 12.9. The summed E-state index contributed by atoms with van der Waals surface area (Å²) in [5, 5.41) is 28.7. The number of hydrogen-bond donors (Lipinski definition) is 2. The molecule has 5 aromatic rings. The maximum atomic E-state index is 13.3. The highest BCUT2D eigenvalue weighted by atomic mass is 32.1. The fourth-order valence-electron chi connectivity index (χ4n) is 5.18. The molecule has 0 saturated carbocycles. The Morgan fingerprint density at radius 2 is 1.48 bits per heavy atom. The Balaban J connectivity index is -0.000000345. The number of aromatic nitrogens is 6. The standard InChI is InChI=1S/C23H21N7O2S.C23H4.H3N7O2S.8H2/c1-32-17-4-2-15(3-5-17)10-29-22-20(21-26-14-27-30(21)23(29)31)18-7-9-28(12-19(18)33-22)11-16-6-8-24-13-25-16;1-3-5-7-9-11-13-15-17-19-21-23-22-20-18-16-14-12-10-8-6-4-2;1-2-3-4-5-6-7(8)9-10;;;;;;;;/h2-6,8,13-14H,7,9-12H2,1H3;1H,2H3;10H,(H2,1,3,5);8*1H. The molecule has 1 aromatic carbocycles. The van der Waals surface area contributed by atoms with Crippen LogP contribution < -0.4 is 16.3 Å². The lowest BCUT2D eigenvalue weighted by Gasteiger charge is -2.26. The van der Waals surface area contributed by atoms with Gasteiger partial charge in [-0.3, -0.25) is 9.47 Å². The van der Waals surface area contributed by atoms with Crippen molar-refractivity contribution in [2.45, 2.75) is 33.0 Å². The number of nitrogens with zero attached hydrogens (tertiary/aromatic N) is 13. The van der Waals surface area contributed by atoms with Gasteiger partial charge in [0.1, 0.15) is 28.5 Å². The highest BCUT2D eigenvalue weighted by molar-refractivity contribution is 7.74. The Labute approximate surface area is 400 Å². The summed E-state index contributed by atoms with van der Waals surface area (Å²) in [6.07, 6.45) is 10.6. The van der Waals surface area contributed by atoms with Crippen molar-refractivity contribution in [2.24, 2.45) is 32.0 Å². The fraction of sp³-hybridized carbons (Fsp3) is 0.152. The molecule has 0 amide bonds. The first kappa shape index (κ1) is 48.7. The number of nitrogens with two attached hydrogens (primary N) is 1. The summed E-state index contributed by atoms with van der Waals surface area (Å²) in [5.74, 6) is 57.2. The average Bonchev–Trinajstić information content (AvgIpc) is 3.99. The number of ether oxygens (including phenoxy) is 1. The molecule has 0 radical (unpaired) electrons. The van der Waals surface area contributed by atoms with Gasteiger partial charge < -0.3 is 20.1 Å². The SMILES string of the molecule is C#CC#CC#CC#CC#CC#CC#CC#CC#CC#CC#CC.COc1ccc(Cn2c(=O)n3ncnc3c3c4c(sc32)CN(Cc2ccncn2)CC4)cc1.NN=NN=NN=[N+]([O-])OS.[HH].[HH].[HH].[HH].[HH].[HH].[HH].[HH]. The molecule has 4 aromatic heterocycles. The minimum absolute atomic E-state index is 0. The molecule has 18 nitrogen and oxygen atoms in total. The predicted molar refractivity (Wildman–Crippen MR) is 264 cm³/mol. The molecule has 20 heteroatoms. The van der Waals surface area contributed by atoms with Gasteiger partial charge in [-0.25, -0.2) is 19.7 Å². The molecule has 0 unspecified atom stereocenters. The van der Waals surface area contributed by atoms with Crippen LogP contribution in [0.25, 0.3) is 15.9 Å². The summed E-state index contributed by atoms with van der Waals surface area (Å²) in [4.78, 5) is 30.7. The Bertz CT molecular complexity index is 3450. The van der Waals surface area contributed by atoms with Gasteiger partial charge in [0.2, 0.25) is 10.4 Å². The molecule has 0 spiro atoms. The highest BCUT2D eigenvalue weighted by Crippen LogP contribution is 2.37. The maximum absolute atomic E-state index is 13.3. The Morgan fingerprint density at radius 1 is 0.864 bits per heavy atom. The van der Waals surface area contributed by atoms with E-state index in [-0.39, 0.29) is 22.1 Å². The zero-order chi connectivity index (χ0) is 47.0. The number of rotatable bonds is 8. The van der Waals surface area contributed by atoms with E-state index in [0.29, 0.717) is 12.2 Å². The van der Waals surface area contributed by atoms with Gasteiger partial charge in [-0.1, -0.05) is 36.2 Å². The van der Waals surface area contributed by atoms with Crippen molar-refractivity contribution in [1.29, 1.82) is 0 Å². The van der Waals surface area contributed by atoms with Gasteiger partial charge >= 0.3 is 5.69 Å². The molecule has 0 bridgehead atoms. The van der Waals surface area contributed by atoms with Crippen molar-refractivity contribution < 1.29 is 25.5 Å². The average molecular weight is 921 g/mol. The van der Waals surface area contributed by atoms with Crippen molar-refractivity contribution in [3.8, 4) is 137 Å². The number of thiol groups is 1. The van der Waals surface area contributed by atoms with E-state index in [4.69, 9.17) is 11.2 Å². The van der Waals surface area contributed by atoms with E-state index < -0.39 is 0 Å². The lowest BCUT2D eigenvalue weighted by Crippen LogP contribution is -2.30.